The van der Waals surface area contributed by atoms with Gasteiger partial charge in [-0.2, -0.15) is 0 Å². The van der Waals surface area contributed by atoms with Crippen molar-refractivity contribution in [3.05, 3.63) is 29.8 Å². The SMILES string of the molecule is CC(N)c1ccccc1N(C)C1CCOC1C. The Morgan fingerprint density at radius 1 is 1.41 bits per heavy atom. The number of hydrogen-bond donors (Lipinski definition) is 1. The summed E-state index contributed by atoms with van der Waals surface area (Å²) in [7, 11) is 2.14. The molecule has 0 saturated carbocycles. The second kappa shape index (κ2) is 5.07. The monoisotopic (exact) mass is 234 g/mol. The number of likely N-dealkylation sites (N-methyl/N-ethyl adjacent to an activating group) is 1. The average Bonchev–Trinajstić information content (AvgIpc) is 2.74. The van der Waals surface area contributed by atoms with Gasteiger partial charge in [-0.1, -0.05) is 18.2 Å². The number of benzene rings is 1. The zero-order chi connectivity index (χ0) is 12.4. The summed E-state index contributed by atoms with van der Waals surface area (Å²) >= 11 is 0. The zero-order valence-corrected chi connectivity index (χ0v) is 10.9. The van der Waals surface area contributed by atoms with Crippen molar-refractivity contribution in [2.24, 2.45) is 5.73 Å². The molecular formula is C14H22N2O. The molecule has 17 heavy (non-hydrogen) atoms. The van der Waals surface area contributed by atoms with Crippen LogP contribution in [0.2, 0.25) is 0 Å². The largest absolute Gasteiger partial charge is 0.376 e. The van der Waals surface area contributed by atoms with Crippen LogP contribution in [-0.4, -0.2) is 25.8 Å². The fourth-order valence-corrected chi connectivity index (χ4v) is 2.60. The summed E-state index contributed by atoms with van der Waals surface area (Å²) in [6, 6.07) is 8.88. The van der Waals surface area contributed by atoms with E-state index in [0.29, 0.717) is 12.1 Å². The lowest BCUT2D eigenvalue weighted by Crippen LogP contribution is -2.37. The lowest BCUT2D eigenvalue weighted by molar-refractivity contribution is 0.118. The molecule has 1 aromatic carbocycles. The van der Waals surface area contributed by atoms with Crippen molar-refractivity contribution >= 4 is 5.69 Å². The standard InChI is InChI=1S/C14H22N2O/c1-10(15)12-6-4-5-7-14(12)16(3)13-8-9-17-11(13)2/h4-7,10-11,13H,8-9,15H2,1-3H3. The molecule has 2 rings (SSSR count). The normalized spacial score (nSPS) is 25.9. The minimum Gasteiger partial charge on any atom is -0.376 e. The van der Waals surface area contributed by atoms with Gasteiger partial charge in [0.25, 0.3) is 0 Å². The summed E-state index contributed by atoms with van der Waals surface area (Å²) in [5, 5.41) is 0. The van der Waals surface area contributed by atoms with Gasteiger partial charge in [-0.3, -0.25) is 0 Å². The predicted octanol–water partition coefficient (Wildman–Crippen LogP) is 2.32. The molecule has 3 atom stereocenters. The molecule has 0 amide bonds. The highest BCUT2D eigenvalue weighted by molar-refractivity contribution is 5.55. The number of hydrogen-bond acceptors (Lipinski definition) is 3. The van der Waals surface area contributed by atoms with Crippen LogP contribution in [-0.2, 0) is 4.74 Å². The van der Waals surface area contributed by atoms with E-state index in [1.165, 1.54) is 11.3 Å². The van der Waals surface area contributed by atoms with Gasteiger partial charge in [0.05, 0.1) is 12.1 Å². The second-order valence-electron chi connectivity index (χ2n) is 4.89. The number of para-hydroxylation sites is 1. The molecule has 1 saturated heterocycles. The molecule has 1 heterocycles. The summed E-state index contributed by atoms with van der Waals surface area (Å²) in [5.74, 6) is 0. The predicted molar refractivity (Wildman–Crippen MR) is 71.3 cm³/mol. The fourth-order valence-electron chi connectivity index (χ4n) is 2.60. The van der Waals surface area contributed by atoms with Crippen LogP contribution >= 0.6 is 0 Å². The lowest BCUT2D eigenvalue weighted by Gasteiger charge is -2.31. The van der Waals surface area contributed by atoms with E-state index in [9.17, 15) is 0 Å². The highest BCUT2D eigenvalue weighted by atomic mass is 16.5. The summed E-state index contributed by atoms with van der Waals surface area (Å²) in [6.45, 7) is 5.03. The first-order valence-corrected chi connectivity index (χ1v) is 6.30. The van der Waals surface area contributed by atoms with Gasteiger partial charge in [-0.05, 0) is 31.9 Å². The van der Waals surface area contributed by atoms with E-state index >= 15 is 0 Å². The molecular weight excluding hydrogens is 212 g/mol. The number of ether oxygens (including phenoxy) is 1. The first kappa shape index (κ1) is 12.4. The Balaban J connectivity index is 2.27. The van der Waals surface area contributed by atoms with Crippen molar-refractivity contribution in [1.82, 2.24) is 0 Å². The minimum absolute atomic E-state index is 0.0614. The highest BCUT2D eigenvalue weighted by Crippen LogP contribution is 2.29. The first-order valence-electron chi connectivity index (χ1n) is 6.30. The molecule has 94 valence electrons. The van der Waals surface area contributed by atoms with Crippen molar-refractivity contribution in [2.75, 3.05) is 18.6 Å². The van der Waals surface area contributed by atoms with Crippen LogP contribution in [0.15, 0.2) is 24.3 Å². The van der Waals surface area contributed by atoms with Gasteiger partial charge in [-0.15, -0.1) is 0 Å². The topological polar surface area (TPSA) is 38.5 Å². The van der Waals surface area contributed by atoms with Crippen molar-refractivity contribution < 1.29 is 4.74 Å². The van der Waals surface area contributed by atoms with Crippen LogP contribution in [0.4, 0.5) is 5.69 Å². The molecule has 0 radical (unpaired) electrons. The molecule has 0 aliphatic carbocycles. The number of anilines is 1. The van der Waals surface area contributed by atoms with Gasteiger partial charge in [0.2, 0.25) is 0 Å². The van der Waals surface area contributed by atoms with Crippen LogP contribution < -0.4 is 10.6 Å². The van der Waals surface area contributed by atoms with E-state index in [2.05, 4.69) is 37.1 Å². The Labute approximate surface area is 104 Å². The lowest BCUT2D eigenvalue weighted by atomic mass is 10.0. The number of rotatable bonds is 3. The molecule has 3 nitrogen and oxygen atoms in total. The number of nitrogens with zero attached hydrogens (tertiary/aromatic N) is 1. The molecule has 0 spiro atoms. The van der Waals surface area contributed by atoms with Gasteiger partial charge in [0, 0.05) is 25.4 Å². The third-order valence-corrected chi connectivity index (χ3v) is 3.64. The van der Waals surface area contributed by atoms with Crippen LogP contribution in [0.25, 0.3) is 0 Å². The smallest absolute Gasteiger partial charge is 0.0750 e. The Kier molecular flexibility index (Phi) is 3.69. The Morgan fingerprint density at radius 2 is 2.12 bits per heavy atom. The quantitative estimate of drug-likeness (QED) is 0.872. The molecule has 0 bridgehead atoms. The molecule has 0 aromatic heterocycles. The maximum absolute atomic E-state index is 6.03. The highest BCUT2D eigenvalue weighted by Gasteiger charge is 2.29. The zero-order valence-electron chi connectivity index (χ0n) is 10.9. The van der Waals surface area contributed by atoms with Crippen LogP contribution in [0.5, 0.6) is 0 Å². The fraction of sp³-hybridized carbons (Fsp3) is 0.571. The Bertz CT molecular complexity index is 378. The van der Waals surface area contributed by atoms with Crippen molar-refractivity contribution in [2.45, 2.75) is 38.5 Å². The number of nitrogens with two attached hydrogens (primary N) is 1. The summed E-state index contributed by atoms with van der Waals surface area (Å²) in [6.07, 6.45) is 1.38. The Hall–Kier alpha value is -1.06. The molecule has 3 unspecified atom stereocenters. The minimum atomic E-state index is 0.0614. The summed E-state index contributed by atoms with van der Waals surface area (Å²) in [5.41, 5.74) is 8.46. The van der Waals surface area contributed by atoms with Gasteiger partial charge < -0.3 is 15.4 Å². The van der Waals surface area contributed by atoms with E-state index in [1.807, 2.05) is 13.0 Å². The van der Waals surface area contributed by atoms with E-state index in [0.717, 1.165) is 13.0 Å². The summed E-state index contributed by atoms with van der Waals surface area (Å²) in [4.78, 5) is 2.32. The van der Waals surface area contributed by atoms with Crippen LogP contribution in [0.3, 0.4) is 0 Å². The molecule has 3 heteroatoms. The molecule has 2 N–H and O–H groups in total. The summed E-state index contributed by atoms with van der Waals surface area (Å²) < 4.78 is 5.64. The first-order chi connectivity index (χ1) is 8.11. The van der Waals surface area contributed by atoms with Crippen molar-refractivity contribution in [1.29, 1.82) is 0 Å². The molecule has 1 fully saturated rings. The maximum atomic E-state index is 6.03. The second-order valence-corrected chi connectivity index (χ2v) is 4.89. The van der Waals surface area contributed by atoms with E-state index in [4.69, 9.17) is 10.5 Å². The third-order valence-electron chi connectivity index (χ3n) is 3.64. The molecule has 1 aliphatic heterocycles. The Morgan fingerprint density at radius 3 is 2.71 bits per heavy atom. The van der Waals surface area contributed by atoms with E-state index in [1.54, 1.807) is 0 Å². The average molecular weight is 234 g/mol. The van der Waals surface area contributed by atoms with Crippen molar-refractivity contribution in [3.63, 3.8) is 0 Å². The van der Waals surface area contributed by atoms with Crippen LogP contribution in [0, 0.1) is 0 Å². The van der Waals surface area contributed by atoms with Crippen LogP contribution in [0.1, 0.15) is 31.9 Å². The third kappa shape index (κ3) is 2.45. The van der Waals surface area contributed by atoms with E-state index < -0.39 is 0 Å². The van der Waals surface area contributed by atoms with Gasteiger partial charge in [0.15, 0.2) is 0 Å². The molecule has 1 aromatic rings. The van der Waals surface area contributed by atoms with E-state index in [-0.39, 0.29) is 6.04 Å². The van der Waals surface area contributed by atoms with Gasteiger partial charge in [-0.25, -0.2) is 0 Å². The molecule has 1 aliphatic rings. The van der Waals surface area contributed by atoms with Gasteiger partial charge in [0.1, 0.15) is 0 Å². The maximum Gasteiger partial charge on any atom is 0.0750 e. The van der Waals surface area contributed by atoms with Gasteiger partial charge >= 0.3 is 0 Å². The van der Waals surface area contributed by atoms with Crippen molar-refractivity contribution in [3.8, 4) is 0 Å².